The van der Waals surface area contributed by atoms with Crippen molar-refractivity contribution in [2.45, 2.75) is 63.9 Å². The van der Waals surface area contributed by atoms with Crippen molar-refractivity contribution in [3.05, 3.63) is 70.2 Å². The van der Waals surface area contributed by atoms with E-state index in [1.807, 2.05) is 56.3 Å². The largest absolute Gasteiger partial charge is 0.352 e. The topological polar surface area (TPSA) is 49.4 Å². The highest BCUT2D eigenvalue weighted by Gasteiger charge is 2.28. The van der Waals surface area contributed by atoms with Gasteiger partial charge in [0.25, 0.3) is 0 Å². The molecule has 0 saturated heterocycles. The van der Waals surface area contributed by atoms with Crippen molar-refractivity contribution in [1.82, 2.24) is 10.2 Å². The number of hydrogen-bond donors (Lipinski definition) is 1. The molecule has 1 fully saturated rings. The summed E-state index contributed by atoms with van der Waals surface area (Å²) >= 11 is 7.60. The van der Waals surface area contributed by atoms with Crippen molar-refractivity contribution in [3.8, 4) is 0 Å². The van der Waals surface area contributed by atoms with Gasteiger partial charge in [0.2, 0.25) is 11.8 Å². The first kappa shape index (κ1) is 23.7. The zero-order chi connectivity index (χ0) is 22.2. The van der Waals surface area contributed by atoms with Crippen molar-refractivity contribution in [2.75, 3.05) is 5.75 Å². The molecular formula is C25H31ClN2O2S. The molecule has 0 spiro atoms. The van der Waals surface area contributed by atoms with Gasteiger partial charge in [-0.25, -0.2) is 0 Å². The van der Waals surface area contributed by atoms with Crippen molar-refractivity contribution in [2.24, 2.45) is 0 Å². The molecule has 0 unspecified atom stereocenters. The molecule has 1 N–H and O–H groups in total. The minimum atomic E-state index is -0.514. The molecular weight excluding hydrogens is 428 g/mol. The number of carbonyl (C=O) groups is 2. The molecule has 0 aliphatic heterocycles. The first-order valence-corrected chi connectivity index (χ1v) is 12.4. The maximum absolute atomic E-state index is 13.2. The van der Waals surface area contributed by atoms with E-state index in [0.717, 1.165) is 42.4 Å². The van der Waals surface area contributed by atoms with Crippen LogP contribution in [0, 0.1) is 6.92 Å². The van der Waals surface area contributed by atoms with Crippen molar-refractivity contribution in [1.29, 1.82) is 0 Å². The molecule has 1 saturated carbocycles. The Morgan fingerprint density at radius 1 is 1.13 bits per heavy atom. The van der Waals surface area contributed by atoms with Crippen LogP contribution in [0.3, 0.4) is 0 Å². The molecule has 2 amide bonds. The van der Waals surface area contributed by atoms with Gasteiger partial charge in [-0.05, 0) is 49.9 Å². The van der Waals surface area contributed by atoms with E-state index in [9.17, 15) is 9.59 Å². The molecule has 0 aromatic heterocycles. The number of nitrogens with zero attached hydrogens (tertiary/aromatic N) is 1. The number of carbonyl (C=O) groups excluding carboxylic acids is 2. The molecule has 166 valence electrons. The highest BCUT2D eigenvalue weighted by atomic mass is 35.5. The van der Waals surface area contributed by atoms with E-state index in [0.29, 0.717) is 23.1 Å². The Hall–Kier alpha value is -1.98. The standard InChI is InChI=1S/C25H31ClN2O2S/c1-18-7-5-8-20(13-18)15-28(19(2)25(30)27-23-11-3-4-12-23)24(29)17-31-16-21-9-6-10-22(26)14-21/h5-10,13-14,19,23H,3-4,11-12,15-17H2,1-2H3,(H,27,30)/t19-/m0/s1. The van der Waals surface area contributed by atoms with E-state index in [1.54, 1.807) is 16.7 Å². The van der Waals surface area contributed by atoms with Crippen molar-refractivity contribution >= 4 is 35.2 Å². The Balaban J connectivity index is 1.65. The second-order valence-electron chi connectivity index (χ2n) is 8.30. The minimum absolute atomic E-state index is 0.0254. The van der Waals surface area contributed by atoms with Crippen LogP contribution in [0.2, 0.25) is 5.02 Å². The molecule has 2 aromatic rings. The van der Waals surface area contributed by atoms with Gasteiger partial charge in [0.15, 0.2) is 0 Å². The smallest absolute Gasteiger partial charge is 0.242 e. The molecule has 0 heterocycles. The fourth-order valence-electron chi connectivity index (χ4n) is 3.95. The predicted molar refractivity (Wildman–Crippen MR) is 129 cm³/mol. The van der Waals surface area contributed by atoms with Gasteiger partial charge < -0.3 is 10.2 Å². The number of amides is 2. The zero-order valence-corrected chi connectivity index (χ0v) is 19.8. The highest BCUT2D eigenvalue weighted by Crippen LogP contribution is 2.20. The molecule has 4 nitrogen and oxygen atoms in total. The van der Waals surface area contributed by atoms with E-state index in [1.165, 1.54) is 0 Å². The van der Waals surface area contributed by atoms with Crippen LogP contribution >= 0.6 is 23.4 Å². The van der Waals surface area contributed by atoms with Crippen molar-refractivity contribution < 1.29 is 9.59 Å². The number of aryl methyl sites for hydroxylation is 1. The Kier molecular flexibility index (Phi) is 8.85. The molecule has 1 aliphatic carbocycles. The second kappa shape index (κ2) is 11.6. The van der Waals surface area contributed by atoms with E-state index < -0.39 is 6.04 Å². The fraction of sp³-hybridized carbons (Fsp3) is 0.440. The van der Waals surface area contributed by atoms with Crippen molar-refractivity contribution in [3.63, 3.8) is 0 Å². The summed E-state index contributed by atoms with van der Waals surface area (Å²) in [6, 6.07) is 15.5. The molecule has 0 radical (unpaired) electrons. The molecule has 1 aliphatic rings. The normalized spacial score (nSPS) is 14.9. The quantitative estimate of drug-likeness (QED) is 0.550. The van der Waals surface area contributed by atoms with Crippen LogP contribution in [-0.2, 0) is 21.9 Å². The summed E-state index contributed by atoms with van der Waals surface area (Å²) in [5.41, 5.74) is 3.26. The maximum atomic E-state index is 13.2. The monoisotopic (exact) mass is 458 g/mol. The molecule has 1 atom stereocenters. The Morgan fingerprint density at radius 3 is 2.55 bits per heavy atom. The lowest BCUT2D eigenvalue weighted by Gasteiger charge is -2.30. The third-order valence-corrected chi connectivity index (χ3v) is 6.91. The number of rotatable bonds is 9. The van der Waals surface area contributed by atoms with Crippen LogP contribution in [0.1, 0.15) is 49.3 Å². The first-order chi connectivity index (χ1) is 14.9. The predicted octanol–water partition coefficient (Wildman–Crippen LogP) is 5.36. The lowest BCUT2D eigenvalue weighted by Crippen LogP contribution is -2.50. The first-order valence-electron chi connectivity index (χ1n) is 10.9. The minimum Gasteiger partial charge on any atom is -0.352 e. The van der Waals surface area contributed by atoms with E-state index >= 15 is 0 Å². The Labute approximate surface area is 194 Å². The second-order valence-corrected chi connectivity index (χ2v) is 9.72. The highest BCUT2D eigenvalue weighted by molar-refractivity contribution is 7.99. The summed E-state index contributed by atoms with van der Waals surface area (Å²) in [5, 5.41) is 3.84. The van der Waals surface area contributed by atoms with Gasteiger partial charge in [0.05, 0.1) is 5.75 Å². The van der Waals surface area contributed by atoms with Gasteiger partial charge in [-0.15, -0.1) is 11.8 Å². The van der Waals surface area contributed by atoms with E-state index in [2.05, 4.69) is 11.4 Å². The third-order valence-electron chi connectivity index (χ3n) is 5.69. The van der Waals surface area contributed by atoms with E-state index in [-0.39, 0.29) is 17.9 Å². The van der Waals surface area contributed by atoms with Crippen LogP contribution in [-0.4, -0.2) is 34.6 Å². The lowest BCUT2D eigenvalue weighted by molar-refractivity contribution is -0.138. The Morgan fingerprint density at radius 2 is 1.84 bits per heavy atom. The summed E-state index contributed by atoms with van der Waals surface area (Å²) in [6.45, 7) is 4.30. The molecule has 6 heteroatoms. The van der Waals surface area contributed by atoms with Gasteiger partial charge in [0, 0.05) is 23.4 Å². The van der Waals surface area contributed by atoms with Crippen LogP contribution in [0.5, 0.6) is 0 Å². The van der Waals surface area contributed by atoms with Crippen LogP contribution in [0.25, 0.3) is 0 Å². The maximum Gasteiger partial charge on any atom is 0.242 e. The summed E-state index contributed by atoms with van der Waals surface area (Å²) in [7, 11) is 0. The Bertz CT molecular complexity index is 899. The molecule has 0 bridgehead atoms. The van der Waals surface area contributed by atoms with Gasteiger partial charge in [0.1, 0.15) is 6.04 Å². The molecule has 2 aromatic carbocycles. The number of thioether (sulfide) groups is 1. The van der Waals surface area contributed by atoms with Gasteiger partial charge >= 0.3 is 0 Å². The van der Waals surface area contributed by atoms with E-state index in [4.69, 9.17) is 11.6 Å². The third kappa shape index (κ3) is 7.29. The summed E-state index contributed by atoms with van der Waals surface area (Å²) in [6.07, 6.45) is 4.37. The summed E-state index contributed by atoms with van der Waals surface area (Å²) < 4.78 is 0. The number of halogens is 1. The number of hydrogen-bond acceptors (Lipinski definition) is 3. The SMILES string of the molecule is Cc1cccc(CN(C(=O)CSCc2cccc(Cl)c2)[C@@H](C)C(=O)NC2CCCC2)c1. The molecule has 31 heavy (non-hydrogen) atoms. The van der Waals surface area contributed by atoms with Gasteiger partial charge in [-0.2, -0.15) is 0 Å². The summed E-state index contributed by atoms with van der Waals surface area (Å²) in [5.74, 6) is 0.933. The average molecular weight is 459 g/mol. The van der Waals surface area contributed by atoms with Gasteiger partial charge in [-0.1, -0.05) is 66.4 Å². The number of benzene rings is 2. The van der Waals surface area contributed by atoms with Crippen LogP contribution in [0.4, 0.5) is 0 Å². The van der Waals surface area contributed by atoms with Gasteiger partial charge in [-0.3, -0.25) is 9.59 Å². The fourth-order valence-corrected chi connectivity index (χ4v) is 5.02. The van der Waals surface area contributed by atoms with Crippen LogP contribution in [0.15, 0.2) is 48.5 Å². The molecule has 3 rings (SSSR count). The lowest BCUT2D eigenvalue weighted by atomic mass is 10.1. The van der Waals surface area contributed by atoms with Crippen LogP contribution < -0.4 is 5.32 Å². The summed E-state index contributed by atoms with van der Waals surface area (Å²) in [4.78, 5) is 27.8. The average Bonchev–Trinajstić information content (AvgIpc) is 3.24. The zero-order valence-electron chi connectivity index (χ0n) is 18.3. The number of nitrogens with one attached hydrogen (secondary N) is 1.